The minimum Gasteiger partial charge on any atom is -0.508 e. The number of ether oxygens (including phenoxy) is 4. The number of fused-ring (bicyclic) bond motifs is 1. The smallest absolute Gasteiger partial charge is 0.316 e. The molecular weight excluding hydrogens is 849 g/mol. The van der Waals surface area contributed by atoms with Gasteiger partial charge < -0.3 is 49.6 Å². The van der Waals surface area contributed by atoms with Crippen molar-refractivity contribution in [3.05, 3.63) is 97.1 Å². The first kappa shape index (κ1) is 55.2. The Morgan fingerprint density at radius 1 is 0.379 bits per heavy atom. The Labute approximate surface area is 387 Å². The summed E-state index contributed by atoms with van der Waals surface area (Å²) in [6, 6.07) is 24.2. The van der Waals surface area contributed by atoms with E-state index in [4.69, 9.17) is 29.2 Å². The van der Waals surface area contributed by atoms with Gasteiger partial charge in [0.1, 0.15) is 46.0 Å². The van der Waals surface area contributed by atoms with E-state index in [2.05, 4.69) is 0 Å². The number of phenols is 6. The van der Waals surface area contributed by atoms with Crippen LogP contribution in [0.4, 0.5) is 0 Å². The van der Waals surface area contributed by atoms with Gasteiger partial charge in [0.05, 0.1) is 21.7 Å². The number of hydrogen-bond donors (Lipinski definition) is 6. The topological polar surface area (TPSA) is 227 Å². The highest BCUT2D eigenvalue weighted by atomic mass is 16.5. The standard InChI is InChI=1S/C16H18O3.2C12H16O4.C12H16O3/c1-4-16(2,3)15(18)19-14-10-9-13(17)11-7-5-6-8-12(11)14;1-4-12(2,3)11(15)16-10-6-8(13)5-9(14)7-10;1-4-12(2,3)11(15)16-8-5-6-9(13)10(14)7-8;1-4-12(2,3)11(14)15-10-7-5-9(13)6-8-10/h5-10,17H,4H2,1-3H3;2*5-7,13-14H,4H2,1-3H3;5-8,13H,4H2,1-3H3. The lowest BCUT2D eigenvalue weighted by molar-refractivity contribution is -0.144. The molecule has 0 spiro atoms. The molecule has 66 heavy (non-hydrogen) atoms. The second-order valence-corrected chi connectivity index (χ2v) is 18.0. The molecule has 0 aliphatic rings. The summed E-state index contributed by atoms with van der Waals surface area (Å²) < 4.78 is 20.8. The van der Waals surface area contributed by atoms with E-state index >= 15 is 0 Å². The number of aromatic hydroxyl groups is 6. The minimum atomic E-state index is -0.582. The van der Waals surface area contributed by atoms with Crippen LogP contribution in [0, 0.1) is 21.7 Å². The number of carbonyl (C=O) groups excluding carboxylic acids is 4. The molecule has 14 heteroatoms. The maximum Gasteiger partial charge on any atom is 0.316 e. The molecule has 0 aliphatic heterocycles. The van der Waals surface area contributed by atoms with Gasteiger partial charge in [-0.15, -0.1) is 0 Å². The molecule has 0 saturated heterocycles. The minimum absolute atomic E-state index is 0.142. The van der Waals surface area contributed by atoms with E-state index in [1.54, 1.807) is 58.0 Å². The fourth-order valence-corrected chi connectivity index (χ4v) is 4.60. The van der Waals surface area contributed by atoms with Crippen molar-refractivity contribution in [2.24, 2.45) is 21.7 Å². The molecule has 0 saturated carbocycles. The first-order chi connectivity index (χ1) is 30.6. The highest BCUT2D eigenvalue weighted by molar-refractivity contribution is 5.95. The van der Waals surface area contributed by atoms with Crippen molar-refractivity contribution >= 4 is 34.6 Å². The van der Waals surface area contributed by atoms with Crippen molar-refractivity contribution < 1.29 is 68.8 Å². The first-order valence-electron chi connectivity index (χ1n) is 21.6. The monoisotopic (exact) mass is 914 g/mol. The van der Waals surface area contributed by atoms with Crippen LogP contribution in [0.25, 0.3) is 10.8 Å². The highest BCUT2D eigenvalue weighted by Crippen LogP contribution is 2.35. The van der Waals surface area contributed by atoms with E-state index in [9.17, 15) is 39.6 Å². The fraction of sp³-hybridized carbons (Fsp3) is 0.385. The van der Waals surface area contributed by atoms with Gasteiger partial charge in [-0.25, -0.2) is 0 Å². The van der Waals surface area contributed by atoms with E-state index in [-0.39, 0.29) is 69.9 Å². The van der Waals surface area contributed by atoms with Crippen LogP contribution in [0.1, 0.15) is 109 Å². The molecule has 5 aromatic rings. The Morgan fingerprint density at radius 3 is 1.20 bits per heavy atom. The lowest BCUT2D eigenvalue weighted by Crippen LogP contribution is -2.28. The van der Waals surface area contributed by atoms with Gasteiger partial charge in [-0.3, -0.25) is 19.2 Å². The number of esters is 4. The predicted molar refractivity (Wildman–Crippen MR) is 252 cm³/mol. The highest BCUT2D eigenvalue weighted by Gasteiger charge is 2.30. The molecule has 0 aromatic heterocycles. The Morgan fingerprint density at radius 2 is 0.758 bits per heavy atom. The summed E-state index contributed by atoms with van der Waals surface area (Å²) in [6.07, 6.45) is 2.75. The van der Waals surface area contributed by atoms with Crippen LogP contribution < -0.4 is 18.9 Å². The first-order valence-corrected chi connectivity index (χ1v) is 21.6. The Kier molecular flexibility index (Phi) is 19.9. The zero-order valence-electron chi connectivity index (χ0n) is 40.0. The molecule has 0 fully saturated rings. The summed E-state index contributed by atoms with van der Waals surface area (Å²) in [5, 5.41) is 57.0. The van der Waals surface area contributed by atoms with Crippen LogP contribution >= 0.6 is 0 Å². The summed E-state index contributed by atoms with van der Waals surface area (Å²) in [5.41, 5.74) is -2.13. The van der Waals surface area contributed by atoms with Crippen LogP contribution in [0.15, 0.2) is 97.1 Å². The molecular formula is C52H66O14. The van der Waals surface area contributed by atoms with Gasteiger partial charge in [0.15, 0.2) is 11.5 Å². The number of hydrogen-bond acceptors (Lipinski definition) is 14. The van der Waals surface area contributed by atoms with Crippen molar-refractivity contribution in [3.8, 4) is 57.5 Å². The van der Waals surface area contributed by atoms with Crippen LogP contribution in [0.5, 0.6) is 57.5 Å². The molecule has 6 N–H and O–H groups in total. The maximum atomic E-state index is 12.1. The summed E-state index contributed by atoms with van der Waals surface area (Å²) in [7, 11) is 0. The number of phenolic OH excluding ortho intramolecular Hbond substituents is 6. The third-order valence-corrected chi connectivity index (χ3v) is 11.1. The predicted octanol–water partition coefficient (Wildman–Crippen LogP) is 11.5. The van der Waals surface area contributed by atoms with E-state index in [0.29, 0.717) is 36.1 Å². The largest absolute Gasteiger partial charge is 0.508 e. The van der Waals surface area contributed by atoms with E-state index < -0.39 is 21.7 Å². The summed E-state index contributed by atoms with van der Waals surface area (Å²) >= 11 is 0. The van der Waals surface area contributed by atoms with Crippen molar-refractivity contribution in [3.63, 3.8) is 0 Å². The van der Waals surface area contributed by atoms with Gasteiger partial charge in [0, 0.05) is 35.0 Å². The van der Waals surface area contributed by atoms with Gasteiger partial charge in [-0.2, -0.15) is 0 Å². The summed E-state index contributed by atoms with van der Waals surface area (Å²) in [5.74, 6) is -0.440. The quantitative estimate of drug-likeness (QED) is 0.0389. The van der Waals surface area contributed by atoms with Crippen molar-refractivity contribution in [1.29, 1.82) is 0 Å². The van der Waals surface area contributed by atoms with Crippen LogP contribution in [0.2, 0.25) is 0 Å². The normalized spacial score (nSPS) is 11.3. The average Bonchev–Trinajstić information content (AvgIpc) is 3.27. The molecule has 0 atom stereocenters. The van der Waals surface area contributed by atoms with Gasteiger partial charge in [-0.05, 0) is 130 Å². The third kappa shape index (κ3) is 16.5. The van der Waals surface area contributed by atoms with Gasteiger partial charge in [0.25, 0.3) is 0 Å². The molecule has 358 valence electrons. The molecule has 0 amide bonds. The van der Waals surface area contributed by atoms with E-state index in [1.165, 1.54) is 48.5 Å². The Balaban J connectivity index is 0.000000304. The van der Waals surface area contributed by atoms with Gasteiger partial charge >= 0.3 is 23.9 Å². The molecule has 5 rings (SSSR count). The van der Waals surface area contributed by atoms with Crippen molar-refractivity contribution in [2.45, 2.75) is 109 Å². The molecule has 0 heterocycles. The molecule has 0 unspecified atom stereocenters. The van der Waals surface area contributed by atoms with E-state index in [0.717, 1.165) is 11.8 Å². The number of rotatable bonds is 12. The Bertz CT molecular complexity index is 2390. The number of benzene rings is 5. The van der Waals surface area contributed by atoms with Crippen LogP contribution in [-0.4, -0.2) is 54.5 Å². The van der Waals surface area contributed by atoms with E-state index in [1.807, 2.05) is 73.6 Å². The zero-order chi connectivity index (χ0) is 50.2. The fourth-order valence-electron chi connectivity index (χ4n) is 4.60. The lowest BCUT2D eigenvalue weighted by atomic mass is 9.90. The van der Waals surface area contributed by atoms with Crippen molar-refractivity contribution in [2.75, 3.05) is 0 Å². The second kappa shape index (κ2) is 23.8. The van der Waals surface area contributed by atoms with Gasteiger partial charge in [-0.1, -0.05) is 52.0 Å². The second-order valence-electron chi connectivity index (χ2n) is 18.0. The SMILES string of the molecule is CCC(C)(C)C(=O)Oc1cc(O)cc(O)c1.CCC(C)(C)C(=O)Oc1ccc(O)c(O)c1.CCC(C)(C)C(=O)Oc1ccc(O)c2ccccc12.CCC(C)(C)C(=O)Oc1ccc(O)cc1. The molecule has 0 radical (unpaired) electrons. The third-order valence-electron chi connectivity index (χ3n) is 11.1. The Hall–Kier alpha value is -6.96. The van der Waals surface area contributed by atoms with Gasteiger partial charge in [0.2, 0.25) is 0 Å². The summed E-state index contributed by atoms with van der Waals surface area (Å²) in [4.78, 5) is 47.2. The van der Waals surface area contributed by atoms with Crippen LogP contribution in [0.3, 0.4) is 0 Å². The number of carbonyl (C=O) groups is 4. The summed E-state index contributed by atoms with van der Waals surface area (Å²) in [6.45, 7) is 22.2. The maximum absolute atomic E-state index is 12.1. The molecule has 0 bridgehead atoms. The average molecular weight is 915 g/mol. The zero-order valence-corrected chi connectivity index (χ0v) is 40.0. The molecule has 0 aliphatic carbocycles. The molecule has 14 nitrogen and oxygen atoms in total. The molecule has 5 aromatic carbocycles. The van der Waals surface area contributed by atoms with Crippen molar-refractivity contribution in [1.82, 2.24) is 0 Å². The lowest BCUT2D eigenvalue weighted by Gasteiger charge is -2.20. The van der Waals surface area contributed by atoms with Crippen LogP contribution in [-0.2, 0) is 19.2 Å².